The van der Waals surface area contributed by atoms with E-state index in [0.717, 1.165) is 21.8 Å². The van der Waals surface area contributed by atoms with Crippen molar-refractivity contribution in [3.05, 3.63) is 48.0 Å². The summed E-state index contributed by atoms with van der Waals surface area (Å²) in [7, 11) is 1.75. The summed E-state index contributed by atoms with van der Waals surface area (Å²) < 4.78 is 2.72. The average Bonchev–Trinajstić information content (AvgIpc) is 3.28. The molecule has 0 aliphatic heterocycles. The van der Waals surface area contributed by atoms with E-state index in [1.165, 1.54) is 22.0 Å². The standard InChI is InChI=1S/C19H18N6OS2/c1-11-4-9-15-16(10-11)28-18(21-15)13-5-7-14(8-6-13)20-17(26)12(2)27-19-22-23-24-25(19)3/h4-10,12H,1-3H3,(H,20,26)/t12-/m1/s1. The summed E-state index contributed by atoms with van der Waals surface area (Å²) in [6, 6.07) is 14.0. The van der Waals surface area contributed by atoms with E-state index < -0.39 is 0 Å². The van der Waals surface area contributed by atoms with Crippen LogP contribution in [0.5, 0.6) is 0 Å². The van der Waals surface area contributed by atoms with Gasteiger partial charge in [0.2, 0.25) is 11.1 Å². The maximum absolute atomic E-state index is 12.4. The molecule has 1 amide bonds. The van der Waals surface area contributed by atoms with Crippen molar-refractivity contribution >= 4 is 44.9 Å². The number of carbonyl (C=O) groups is 1. The van der Waals surface area contributed by atoms with Gasteiger partial charge in [0.25, 0.3) is 0 Å². The van der Waals surface area contributed by atoms with Crippen molar-refractivity contribution < 1.29 is 4.79 Å². The van der Waals surface area contributed by atoms with E-state index in [1.54, 1.807) is 23.1 Å². The molecule has 0 unspecified atom stereocenters. The monoisotopic (exact) mass is 410 g/mol. The molecule has 9 heteroatoms. The number of tetrazole rings is 1. The summed E-state index contributed by atoms with van der Waals surface area (Å²) in [6.45, 7) is 3.91. The molecule has 2 aromatic carbocycles. The Hall–Kier alpha value is -2.78. The number of rotatable bonds is 5. The van der Waals surface area contributed by atoms with E-state index in [-0.39, 0.29) is 11.2 Å². The van der Waals surface area contributed by atoms with Gasteiger partial charge >= 0.3 is 0 Å². The number of nitrogens with zero attached hydrogens (tertiary/aromatic N) is 5. The Morgan fingerprint density at radius 2 is 2.00 bits per heavy atom. The predicted molar refractivity (Wildman–Crippen MR) is 113 cm³/mol. The Morgan fingerprint density at radius 3 is 2.71 bits per heavy atom. The maximum Gasteiger partial charge on any atom is 0.237 e. The van der Waals surface area contributed by atoms with Gasteiger partial charge in [-0.2, -0.15) is 0 Å². The lowest BCUT2D eigenvalue weighted by Gasteiger charge is -2.11. The lowest BCUT2D eigenvalue weighted by Crippen LogP contribution is -2.22. The molecule has 2 heterocycles. The molecule has 4 aromatic rings. The highest BCUT2D eigenvalue weighted by molar-refractivity contribution is 8.00. The fourth-order valence-corrected chi connectivity index (χ4v) is 4.45. The lowest BCUT2D eigenvalue weighted by molar-refractivity contribution is -0.115. The second-order valence-corrected chi connectivity index (χ2v) is 8.74. The Kier molecular flexibility index (Phi) is 5.10. The fraction of sp³-hybridized carbons (Fsp3) is 0.211. The van der Waals surface area contributed by atoms with Gasteiger partial charge in [0.15, 0.2) is 0 Å². The molecule has 28 heavy (non-hydrogen) atoms. The number of aromatic nitrogens is 5. The highest BCUT2D eigenvalue weighted by Crippen LogP contribution is 2.31. The number of amides is 1. The van der Waals surface area contributed by atoms with Crippen molar-refractivity contribution in [2.24, 2.45) is 7.05 Å². The molecule has 0 saturated carbocycles. The van der Waals surface area contributed by atoms with Crippen LogP contribution in [0.25, 0.3) is 20.8 Å². The van der Waals surface area contributed by atoms with E-state index in [4.69, 9.17) is 4.98 Å². The number of aryl methyl sites for hydroxylation is 2. The second kappa shape index (κ2) is 7.69. The summed E-state index contributed by atoms with van der Waals surface area (Å²) in [4.78, 5) is 17.1. The van der Waals surface area contributed by atoms with Gasteiger partial charge in [0.05, 0.1) is 15.5 Å². The largest absolute Gasteiger partial charge is 0.325 e. The molecule has 0 fully saturated rings. The first-order valence-corrected chi connectivity index (χ1v) is 10.4. The van der Waals surface area contributed by atoms with Crippen LogP contribution in [0.4, 0.5) is 5.69 Å². The maximum atomic E-state index is 12.4. The molecule has 2 aromatic heterocycles. The summed E-state index contributed by atoms with van der Waals surface area (Å²) in [6.07, 6.45) is 0. The third kappa shape index (κ3) is 3.90. The normalized spacial score (nSPS) is 12.2. The van der Waals surface area contributed by atoms with Gasteiger partial charge in [-0.3, -0.25) is 4.79 Å². The fourth-order valence-electron chi connectivity index (χ4n) is 2.63. The molecule has 1 atom stereocenters. The minimum atomic E-state index is -0.322. The van der Waals surface area contributed by atoms with E-state index in [2.05, 4.69) is 39.9 Å². The Labute approximate surface area is 170 Å². The Balaban J connectivity index is 1.45. The first-order valence-electron chi connectivity index (χ1n) is 8.67. The van der Waals surface area contributed by atoms with Crippen molar-refractivity contribution in [2.75, 3.05) is 5.32 Å². The third-order valence-corrected chi connectivity index (χ3v) is 6.37. The number of nitrogens with one attached hydrogen (secondary N) is 1. The van der Waals surface area contributed by atoms with E-state index >= 15 is 0 Å². The molecule has 142 valence electrons. The zero-order valence-electron chi connectivity index (χ0n) is 15.6. The van der Waals surface area contributed by atoms with Gasteiger partial charge in [-0.05, 0) is 66.2 Å². The Morgan fingerprint density at radius 1 is 1.21 bits per heavy atom. The minimum absolute atomic E-state index is 0.101. The van der Waals surface area contributed by atoms with Crippen LogP contribution in [0.1, 0.15) is 12.5 Å². The zero-order chi connectivity index (χ0) is 19.7. The van der Waals surface area contributed by atoms with Gasteiger partial charge in [0, 0.05) is 18.3 Å². The number of thioether (sulfide) groups is 1. The SMILES string of the molecule is Cc1ccc2nc(-c3ccc(NC(=O)[C@@H](C)Sc4nnnn4C)cc3)sc2c1. The third-order valence-electron chi connectivity index (χ3n) is 4.18. The summed E-state index contributed by atoms with van der Waals surface area (Å²) in [5, 5.41) is 15.4. The molecule has 4 rings (SSSR count). The van der Waals surface area contributed by atoms with Crippen molar-refractivity contribution in [3.8, 4) is 10.6 Å². The number of hydrogen-bond donors (Lipinski definition) is 1. The van der Waals surface area contributed by atoms with Crippen LogP contribution in [-0.2, 0) is 11.8 Å². The topological polar surface area (TPSA) is 85.6 Å². The number of hydrogen-bond acceptors (Lipinski definition) is 7. The minimum Gasteiger partial charge on any atom is -0.325 e. The van der Waals surface area contributed by atoms with Crippen LogP contribution in [0.3, 0.4) is 0 Å². The van der Waals surface area contributed by atoms with Crippen LogP contribution < -0.4 is 5.32 Å². The van der Waals surface area contributed by atoms with Gasteiger partial charge in [-0.15, -0.1) is 16.4 Å². The molecule has 0 aliphatic rings. The summed E-state index contributed by atoms with van der Waals surface area (Å²) >= 11 is 2.98. The van der Waals surface area contributed by atoms with Gasteiger partial charge < -0.3 is 5.32 Å². The lowest BCUT2D eigenvalue weighted by atomic mass is 10.2. The van der Waals surface area contributed by atoms with E-state index in [9.17, 15) is 4.79 Å². The van der Waals surface area contributed by atoms with E-state index in [1.807, 2.05) is 37.3 Å². The van der Waals surface area contributed by atoms with Crippen LogP contribution in [0.15, 0.2) is 47.6 Å². The smallest absolute Gasteiger partial charge is 0.237 e. The van der Waals surface area contributed by atoms with Crippen LogP contribution >= 0.6 is 23.1 Å². The molecule has 0 spiro atoms. The van der Waals surface area contributed by atoms with Crippen LogP contribution in [0, 0.1) is 6.92 Å². The van der Waals surface area contributed by atoms with Gasteiger partial charge in [-0.25, -0.2) is 9.67 Å². The second-order valence-electron chi connectivity index (χ2n) is 6.40. The van der Waals surface area contributed by atoms with Crippen LogP contribution in [-0.4, -0.2) is 36.3 Å². The van der Waals surface area contributed by atoms with Crippen molar-refractivity contribution in [3.63, 3.8) is 0 Å². The van der Waals surface area contributed by atoms with Gasteiger partial charge in [-0.1, -0.05) is 17.8 Å². The molecule has 0 bridgehead atoms. The van der Waals surface area contributed by atoms with Crippen LogP contribution in [0.2, 0.25) is 0 Å². The number of carbonyl (C=O) groups excluding carboxylic acids is 1. The predicted octanol–water partition coefficient (Wildman–Crippen LogP) is 3.91. The first kappa shape index (κ1) is 18.6. The Bertz CT molecular complexity index is 1140. The summed E-state index contributed by atoms with van der Waals surface area (Å²) in [5.74, 6) is -0.101. The number of anilines is 1. The van der Waals surface area contributed by atoms with Crippen molar-refractivity contribution in [2.45, 2.75) is 24.3 Å². The number of benzene rings is 2. The average molecular weight is 411 g/mol. The zero-order valence-corrected chi connectivity index (χ0v) is 17.2. The highest BCUT2D eigenvalue weighted by atomic mass is 32.2. The first-order chi connectivity index (χ1) is 13.5. The molecular weight excluding hydrogens is 392 g/mol. The van der Waals surface area contributed by atoms with Crippen molar-refractivity contribution in [1.29, 1.82) is 0 Å². The quantitative estimate of drug-likeness (QED) is 0.502. The van der Waals surface area contributed by atoms with Gasteiger partial charge in [0.1, 0.15) is 5.01 Å². The number of fused-ring (bicyclic) bond motifs is 1. The molecule has 0 radical (unpaired) electrons. The van der Waals surface area contributed by atoms with Crippen molar-refractivity contribution in [1.82, 2.24) is 25.2 Å². The molecule has 0 aliphatic carbocycles. The summed E-state index contributed by atoms with van der Waals surface area (Å²) in [5.41, 5.74) is 4.01. The molecule has 1 N–H and O–H groups in total. The molecule has 0 saturated heterocycles. The number of thiazole rings is 1. The molecule has 7 nitrogen and oxygen atoms in total. The highest BCUT2D eigenvalue weighted by Gasteiger charge is 2.18. The van der Waals surface area contributed by atoms with E-state index in [0.29, 0.717) is 5.16 Å². The molecular formula is C19H18N6OS2.